The van der Waals surface area contributed by atoms with Gasteiger partial charge in [-0.2, -0.15) is 0 Å². The molecule has 0 bridgehead atoms. The van der Waals surface area contributed by atoms with Crippen LogP contribution in [-0.4, -0.2) is 0 Å². The van der Waals surface area contributed by atoms with Gasteiger partial charge in [0.15, 0.2) is 0 Å². The number of benzene rings is 2. The molecule has 1 atom stereocenters. The van der Waals surface area contributed by atoms with E-state index in [4.69, 9.17) is 4.74 Å². The van der Waals surface area contributed by atoms with Crippen molar-refractivity contribution in [2.45, 2.75) is 31.6 Å². The predicted octanol–water partition coefficient (Wildman–Crippen LogP) is 5.04. The van der Waals surface area contributed by atoms with Crippen LogP contribution in [0.3, 0.4) is 0 Å². The summed E-state index contributed by atoms with van der Waals surface area (Å²) in [6.45, 7) is 0. The molecule has 20 heavy (non-hydrogen) atoms. The van der Waals surface area contributed by atoms with Crippen LogP contribution in [0.25, 0.3) is 0 Å². The van der Waals surface area contributed by atoms with E-state index in [1.165, 1.54) is 41.7 Å². The molecular formula is C19H18O. The average Bonchev–Trinajstić information content (AvgIpc) is 2.53. The minimum absolute atomic E-state index is 0.386. The van der Waals surface area contributed by atoms with Crippen LogP contribution in [0.4, 0.5) is 0 Å². The number of fused-ring (bicyclic) bond motifs is 1. The van der Waals surface area contributed by atoms with E-state index in [-0.39, 0.29) is 0 Å². The van der Waals surface area contributed by atoms with Crippen molar-refractivity contribution in [1.29, 1.82) is 0 Å². The smallest absolute Gasteiger partial charge is 0.131 e. The molecule has 2 aromatic carbocycles. The molecule has 0 aromatic heterocycles. The van der Waals surface area contributed by atoms with Gasteiger partial charge in [0, 0.05) is 17.9 Å². The highest BCUT2D eigenvalue weighted by Gasteiger charge is 2.31. The van der Waals surface area contributed by atoms with Gasteiger partial charge in [-0.3, -0.25) is 0 Å². The number of allylic oxidation sites excluding steroid dienone is 2. The summed E-state index contributed by atoms with van der Waals surface area (Å²) in [5.41, 5.74) is 4.21. The summed E-state index contributed by atoms with van der Waals surface area (Å²) < 4.78 is 6.17. The third-order valence-electron chi connectivity index (χ3n) is 4.40. The van der Waals surface area contributed by atoms with E-state index in [2.05, 4.69) is 54.6 Å². The molecule has 0 saturated carbocycles. The fraction of sp³-hybridized carbons (Fsp3) is 0.263. The molecule has 0 spiro atoms. The first-order chi connectivity index (χ1) is 9.93. The Morgan fingerprint density at radius 3 is 2.45 bits per heavy atom. The first-order valence-corrected chi connectivity index (χ1v) is 7.47. The standard InChI is InChI=1S/C19H18O/c1-2-8-14(9-3-1)19-15-10-4-6-12-17(15)20-18-13-7-5-11-16(18)19/h1-4,6,8-10,12,19H,5,7,11,13H2/t19-/m1/s1. The number of hydrogen-bond acceptors (Lipinski definition) is 1. The molecule has 4 rings (SSSR count). The Morgan fingerprint density at radius 1 is 0.800 bits per heavy atom. The maximum absolute atomic E-state index is 6.17. The van der Waals surface area contributed by atoms with Crippen molar-refractivity contribution in [1.82, 2.24) is 0 Å². The zero-order valence-electron chi connectivity index (χ0n) is 11.5. The minimum Gasteiger partial charge on any atom is -0.461 e. The summed E-state index contributed by atoms with van der Waals surface area (Å²) in [6, 6.07) is 19.3. The van der Waals surface area contributed by atoms with Crippen LogP contribution >= 0.6 is 0 Å². The molecular weight excluding hydrogens is 244 g/mol. The summed E-state index contributed by atoms with van der Waals surface area (Å²) in [5.74, 6) is 2.65. The number of para-hydroxylation sites is 1. The monoisotopic (exact) mass is 262 g/mol. The van der Waals surface area contributed by atoms with Crippen LogP contribution in [0, 0.1) is 0 Å². The SMILES string of the molecule is c1ccc([C@H]2C3=C(CCCC3)Oc3ccccc32)cc1. The third-order valence-corrected chi connectivity index (χ3v) is 4.40. The van der Waals surface area contributed by atoms with Crippen molar-refractivity contribution in [3.8, 4) is 5.75 Å². The molecule has 1 heteroatoms. The Bertz CT molecular complexity index is 654. The summed E-state index contributed by atoms with van der Waals surface area (Å²) in [6.07, 6.45) is 4.80. The minimum atomic E-state index is 0.386. The largest absolute Gasteiger partial charge is 0.461 e. The van der Waals surface area contributed by atoms with Gasteiger partial charge in [0.2, 0.25) is 0 Å². The van der Waals surface area contributed by atoms with E-state index in [0.717, 1.165) is 12.2 Å². The van der Waals surface area contributed by atoms with Crippen molar-refractivity contribution in [3.05, 3.63) is 77.1 Å². The van der Waals surface area contributed by atoms with Crippen molar-refractivity contribution < 1.29 is 4.74 Å². The average molecular weight is 262 g/mol. The molecule has 1 heterocycles. The van der Waals surface area contributed by atoms with E-state index < -0.39 is 0 Å². The van der Waals surface area contributed by atoms with Crippen molar-refractivity contribution in [3.63, 3.8) is 0 Å². The Hall–Kier alpha value is -2.02. The Kier molecular flexibility index (Phi) is 2.84. The lowest BCUT2D eigenvalue weighted by atomic mass is 9.78. The number of rotatable bonds is 1. The first-order valence-electron chi connectivity index (χ1n) is 7.47. The van der Waals surface area contributed by atoms with Crippen LogP contribution in [0.1, 0.15) is 42.7 Å². The number of hydrogen-bond donors (Lipinski definition) is 0. The second-order valence-corrected chi connectivity index (χ2v) is 5.64. The first kappa shape index (κ1) is 11.8. The molecule has 0 unspecified atom stereocenters. The van der Waals surface area contributed by atoms with E-state index in [9.17, 15) is 0 Å². The maximum atomic E-state index is 6.17. The Balaban J connectivity index is 1.90. The lowest BCUT2D eigenvalue weighted by Crippen LogP contribution is -2.19. The second-order valence-electron chi connectivity index (χ2n) is 5.64. The molecule has 0 radical (unpaired) electrons. The highest BCUT2D eigenvalue weighted by atomic mass is 16.5. The Labute approximate surface area is 119 Å². The van der Waals surface area contributed by atoms with Gasteiger partial charge in [-0.05, 0) is 36.5 Å². The normalized spacial score (nSPS) is 20.9. The fourth-order valence-electron chi connectivity index (χ4n) is 3.48. The maximum Gasteiger partial charge on any atom is 0.131 e. The van der Waals surface area contributed by atoms with Gasteiger partial charge in [-0.15, -0.1) is 0 Å². The lowest BCUT2D eigenvalue weighted by molar-refractivity contribution is 0.350. The molecule has 0 amide bonds. The molecule has 0 fully saturated rings. The molecule has 1 aliphatic heterocycles. The van der Waals surface area contributed by atoms with Crippen molar-refractivity contribution in [2.24, 2.45) is 0 Å². The van der Waals surface area contributed by atoms with Crippen LogP contribution in [0.15, 0.2) is 65.9 Å². The summed E-state index contributed by atoms with van der Waals surface area (Å²) >= 11 is 0. The van der Waals surface area contributed by atoms with Gasteiger partial charge < -0.3 is 4.74 Å². The quantitative estimate of drug-likeness (QED) is 0.699. The van der Waals surface area contributed by atoms with E-state index in [0.29, 0.717) is 5.92 Å². The number of ether oxygens (including phenoxy) is 1. The molecule has 0 N–H and O–H groups in total. The molecule has 1 nitrogen and oxygen atoms in total. The predicted molar refractivity (Wildman–Crippen MR) is 80.8 cm³/mol. The van der Waals surface area contributed by atoms with Gasteiger partial charge in [0.05, 0.1) is 0 Å². The summed E-state index contributed by atoms with van der Waals surface area (Å²) in [7, 11) is 0. The van der Waals surface area contributed by atoms with E-state index >= 15 is 0 Å². The lowest BCUT2D eigenvalue weighted by Gasteiger charge is -2.33. The highest BCUT2D eigenvalue weighted by molar-refractivity contribution is 5.52. The van der Waals surface area contributed by atoms with E-state index in [1.54, 1.807) is 0 Å². The summed E-state index contributed by atoms with van der Waals surface area (Å²) in [5, 5.41) is 0. The third kappa shape index (κ3) is 1.85. The van der Waals surface area contributed by atoms with Gasteiger partial charge >= 0.3 is 0 Å². The van der Waals surface area contributed by atoms with Crippen LogP contribution in [0.2, 0.25) is 0 Å². The zero-order valence-corrected chi connectivity index (χ0v) is 11.5. The van der Waals surface area contributed by atoms with Crippen LogP contribution < -0.4 is 4.74 Å². The highest BCUT2D eigenvalue weighted by Crippen LogP contribution is 2.47. The molecule has 0 saturated heterocycles. The van der Waals surface area contributed by atoms with Gasteiger partial charge in [0.1, 0.15) is 11.5 Å². The van der Waals surface area contributed by atoms with Gasteiger partial charge in [0.25, 0.3) is 0 Å². The van der Waals surface area contributed by atoms with Gasteiger partial charge in [-0.1, -0.05) is 48.5 Å². The zero-order chi connectivity index (χ0) is 13.4. The van der Waals surface area contributed by atoms with Crippen molar-refractivity contribution in [2.75, 3.05) is 0 Å². The van der Waals surface area contributed by atoms with Crippen molar-refractivity contribution >= 4 is 0 Å². The molecule has 2 aromatic rings. The molecule has 2 aliphatic rings. The van der Waals surface area contributed by atoms with Crippen LogP contribution in [0.5, 0.6) is 5.75 Å². The topological polar surface area (TPSA) is 9.23 Å². The fourth-order valence-corrected chi connectivity index (χ4v) is 3.48. The molecule has 100 valence electrons. The van der Waals surface area contributed by atoms with E-state index in [1.807, 2.05) is 0 Å². The van der Waals surface area contributed by atoms with Crippen LogP contribution in [-0.2, 0) is 0 Å². The molecule has 1 aliphatic carbocycles. The second kappa shape index (κ2) is 4.82. The van der Waals surface area contributed by atoms with Gasteiger partial charge in [-0.25, -0.2) is 0 Å². The Morgan fingerprint density at radius 2 is 1.55 bits per heavy atom. The summed E-state index contributed by atoms with van der Waals surface area (Å²) in [4.78, 5) is 0.